The third-order valence-corrected chi connectivity index (χ3v) is 2.26. The highest BCUT2D eigenvalue weighted by atomic mass is 19.1. The molecule has 0 saturated heterocycles. The third-order valence-electron chi connectivity index (χ3n) is 2.26. The molecule has 3 atom stereocenters. The van der Waals surface area contributed by atoms with Crippen molar-refractivity contribution in [2.24, 2.45) is 11.8 Å². The van der Waals surface area contributed by atoms with Gasteiger partial charge in [0, 0.05) is 0 Å². The molecule has 2 saturated carbocycles. The Kier molecular flexibility index (Phi) is 0.561. The average molecular weight is 100 g/mol. The van der Waals surface area contributed by atoms with E-state index < -0.39 is 6.17 Å². The molecule has 0 aromatic carbocycles. The molecule has 0 aromatic heterocycles. The summed E-state index contributed by atoms with van der Waals surface area (Å²) in [7, 11) is 0. The van der Waals surface area contributed by atoms with Crippen LogP contribution in [0, 0.1) is 11.8 Å². The van der Waals surface area contributed by atoms with Gasteiger partial charge in [-0.2, -0.15) is 0 Å². The Balaban J connectivity index is 2.08. The molecule has 0 spiro atoms. The molecule has 0 amide bonds. The van der Waals surface area contributed by atoms with Crippen LogP contribution in [-0.4, -0.2) is 6.17 Å². The number of hydrogen-bond acceptors (Lipinski definition) is 0. The average Bonchev–Trinajstić information content (AvgIpc) is 2.33. The standard InChI is InChI=1S/C6H9F/c7-6-2-1-4-3-5(4)6/h4-6H,1-3H2/t4?,5-,6?/m0/s1. The summed E-state index contributed by atoms with van der Waals surface area (Å²) in [5.41, 5.74) is 0. The van der Waals surface area contributed by atoms with E-state index in [1.54, 1.807) is 0 Å². The summed E-state index contributed by atoms with van der Waals surface area (Å²) >= 11 is 0. The van der Waals surface area contributed by atoms with Gasteiger partial charge in [0.25, 0.3) is 0 Å². The van der Waals surface area contributed by atoms with Crippen LogP contribution < -0.4 is 0 Å². The lowest BCUT2D eigenvalue weighted by molar-refractivity contribution is 0.307. The van der Waals surface area contributed by atoms with Crippen LogP contribution in [0.3, 0.4) is 0 Å². The Morgan fingerprint density at radius 3 is 2.29 bits per heavy atom. The van der Waals surface area contributed by atoms with Gasteiger partial charge < -0.3 is 0 Å². The Labute approximate surface area is 42.7 Å². The van der Waals surface area contributed by atoms with Gasteiger partial charge in [0.15, 0.2) is 0 Å². The van der Waals surface area contributed by atoms with Crippen molar-refractivity contribution in [3.05, 3.63) is 0 Å². The first-order chi connectivity index (χ1) is 3.38. The van der Waals surface area contributed by atoms with E-state index >= 15 is 0 Å². The van der Waals surface area contributed by atoms with Crippen molar-refractivity contribution in [1.29, 1.82) is 0 Å². The molecule has 2 unspecified atom stereocenters. The van der Waals surface area contributed by atoms with Crippen LogP contribution in [0.25, 0.3) is 0 Å². The van der Waals surface area contributed by atoms with E-state index in [0.717, 1.165) is 12.3 Å². The Hall–Kier alpha value is -0.0700. The van der Waals surface area contributed by atoms with Crippen molar-refractivity contribution in [2.75, 3.05) is 0 Å². The monoisotopic (exact) mass is 100 g/mol. The molecule has 2 fully saturated rings. The maximum absolute atomic E-state index is 12.4. The summed E-state index contributed by atoms with van der Waals surface area (Å²) < 4.78 is 12.4. The van der Waals surface area contributed by atoms with Crippen LogP contribution in [0.4, 0.5) is 4.39 Å². The topological polar surface area (TPSA) is 0 Å². The van der Waals surface area contributed by atoms with Gasteiger partial charge in [0.2, 0.25) is 0 Å². The molecule has 2 aliphatic carbocycles. The van der Waals surface area contributed by atoms with E-state index in [4.69, 9.17) is 0 Å². The second-order valence-electron chi connectivity index (χ2n) is 2.75. The van der Waals surface area contributed by atoms with Gasteiger partial charge in [0.1, 0.15) is 6.17 Å². The van der Waals surface area contributed by atoms with E-state index in [0.29, 0.717) is 5.92 Å². The zero-order valence-electron chi connectivity index (χ0n) is 4.23. The molecule has 2 rings (SSSR count). The van der Waals surface area contributed by atoms with Crippen molar-refractivity contribution in [3.8, 4) is 0 Å². The highest BCUT2D eigenvalue weighted by Crippen LogP contribution is 2.52. The van der Waals surface area contributed by atoms with E-state index in [1.807, 2.05) is 0 Å². The van der Waals surface area contributed by atoms with Gasteiger partial charge in [-0.1, -0.05) is 0 Å². The molecular weight excluding hydrogens is 91.1 g/mol. The number of halogens is 1. The van der Waals surface area contributed by atoms with Crippen molar-refractivity contribution in [2.45, 2.75) is 25.4 Å². The van der Waals surface area contributed by atoms with E-state index in [-0.39, 0.29) is 0 Å². The predicted octanol–water partition coefficient (Wildman–Crippen LogP) is 1.75. The molecule has 0 bridgehead atoms. The van der Waals surface area contributed by atoms with Crippen LogP contribution in [0.5, 0.6) is 0 Å². The molecule has 7 heavy (non-hydrogen) atoms. The van der Waals surface area contributed by atoms with E-state index in [1.165, 1.54) is 12.8 Å². The van der Waals surface area contributed by atoms with Gasteiger partial charge in [-0.3, -0.25) is 0 Å². The first kappa shape index (κ1) is 3.88. The highest BCUT2D eigenvalue weighted by Gasteiger charge is 2.48. The lowest BCUT2D eigenvalue weighted by Crippen LogP contribution is -1.94. The van der Waals surface area contributed by atoms with Gasteiger partial charge >= 0.3 is 0 Å². The molecule has 2 aliphatic rings. The number of rotatable bonds is 0. The number of alkyl halides is 1. The summed E-state index contributed by atoms with van der Waals surface area (Å²) in [6, 6.07) is 0. The van der Waals surface area contributed by atoms with Gasteiger partial charge in [-0.25, -0.2) is 4.39 Å². The molecule has 0 radical (unpaired) electrons. The van der Waals surface area contributed by atoms with Crippen molar-refractivity contribution < 1.29 is 4.39 Å². The fraction of sp³-hybridized carbons (Fsp3) is 1.00. The van der Waals surface area contributed by atoms with Gasteiger partial charge in [-0.05, 0) is 31.1 Å². The second-order valence-corrected chi connectivity index (χ2v) is 2.75. The van der Waals surface area contributed by atoms with E-state index in [2.05, 4.69) is 0 Å². The predicted molar refractivity (Wildman–Crippen MR) is 25.7 cm³/mol. The SMILES string of the molecule is FC1CCC2C[C@H]12. The molecule has 0 nitrogen and oxygen atoms in total. The molecule has 0 aromatic rings. The summed E-state index contributed by atoms with van der Waals surface area (Å²) in [6.45, 7) is 0. The quantitative estimate of drug-likeness (QED) is 0.435. The van der Waals surface area contributed by atoms with Crippen molar-refractivity contribution in [3.63, 3.8) is 0 Å². The summed E-state index contributed by atoms with van der Waals surface area (Å²) in [5, 5.41) is 0. The van der Waals surface area contributed by atoms with Crippen LogP contribution in [-0.2, 0) is 0 Å². The Bertz CT molecular complexity index is 90.2. The molecule has 1 heteroatoms. The zero-order chi connectivity index (χ0) is 4.85. The fourth-order valence-electron chi connectivity index (χ4n) is 1.63. The minimum Gasteiger partial charge on any atom is -0.247 e. The summed E-state index contributed by atoms with van der Waals surface area (Å²) in [6.07, 6.45) is 2.81. The molecule has 40 valence electrons. The Morgan fingerprint density at radius 1 is 1.29 bits per heavy atom. The number of fused-ring (bicyclic) bond motifs is 1. The maximum atomic E-state index is 12.4. The second kappa shape index (κ2) is 1.01. The van der Waals surface area contributed by atoms with Crippen molar-refractivity contribution >= 4 is 0 Å². The lowest BCUT2D eigenvalue weighted by Gasteiger charge is -1.93. The first-order valence-corrected chi connectivity index (χ1v) is 3.02. The fourth-order valence-corrected chi connectivity index (χ4v) is 1.63. The molecule has 0 aliphatic heterocycles. The van der Waals surface area contributed by atoms with Crippen LogP contribution in [0.1, 0.15) is 19.3 Å². The van der Waals surface area contributed by atoms with Gasteiger partial charge in [0.05, 0.1) is 0 Å². The minimum absolute atomic E-state index is 0.412. The maximum Gasteiger partial charge on any atom is 0.103 e. The first-order valence-electron chi connectivity index (χ1n) is 3.02. The highest BCUT2D eigenvalue weighted by molar-refractivity contribution is 4.97. The van der Waals surface area contributed by atoms with Crippen LogP contribution >= 0.6 is 0 Å². The smallest absolute Gasteiger partial charge is 0.103 e. The Morgan fingerprint density at radius 2 is 2.14 bits per heavy atom. The molecule has 0 N–H and O–H groups in total. The summed E-state index contributed by atoms with van der Waals surface area (Å²) in [5.74, 6) is 1.33. The van der Waals surface area contributed by atoms with Crippen LogP contribution in [0.15, 0.2) is 0 Å². The van der Waals surface area contributed by atoms with Gasteiger partial charge in [-0.15, -0.1) is 0 Å². The van der Waals surface area contributed by atoms with Crippen molar-refractivity contribution in [1.82, 2.24) is 0 Å². The molecule has 0 heterocycles. The number of hydrogen-bond donors (Lipinski definition) is 0. The normalized spacial score (nSPS) is 57.0. The molecular formula is C6H9F. The largest absolute Gasteiger partial charge is 0.247 e. The van der Waals surface area contributed by atoms with Crippen LogP contribution in [0.2, 0.25) is 0 Å². The third kappa shape index (κ3) is 0.411. The zero-order valence-corrected chi connectivity index (χ0v) is 4.23. The summed E-state index contributed by atoms with van der Waals surface area (Å²) in [4.78, 5) is 0. The van der Waals surface area contributed by atoms with E-state index in [9.17, 15) is 4.39 Å². The minimum atomic E-state index is -0.412. The lowest BCUT2D eigenvalue weighted by atomic mass is 10.2.